The first kappa shape index (κ1) is 16.3. The fraction of sp³-hybridized carbons (Fsp3) is 0.467. The van der Waals surface area contributed by atoms with Crippen molar-refractivity contribution in [3.05, 3.63) is 36.0 Å². The molecule has 0 aromatic carbocycles. The highest BCUT2D eigenvalue weighted by atomic mass is 19.4. The predicted molar refractivity (Wildman–Crippen MR) is 72.4 cm³/mol. The number of hydrogen-bond acceptors (Lipinski definition) is 3. The maximum Gasteiger partial charge on any atom is 0.421 e. The molecule has 0 fully saturated rings. The van der Waals surface area contributed by atoms with Gasteiger partial charge in [-0.1, -0.05) is 12.2 Å². The van der Waals surface area contributed by atoms with Gasteiger partial charge in [0.05, 0.1) is 12.0 Å². The van der Waals surface area contributed by atoms with Gasteiger partial charge in [-0.05, 0) is 37.8 Å². The van der Waals surface area contributed by atoms with Gasteiger partial charge in [-0.15, -0.1) is 0 Å². The Hall–Kier alpha value is -2.05. The third-order valence-corrected chi connectivity index (χ3v) is 3.81. The summed E-state index contributed by atoms with van der Waals surface area (Å²) in [6.45, 7) is -0.125. The monoisotopic (exact) mass is 315 g/mol. The van der Waals surface area contributed by atoms with Crippen molar-refractivity contribution >= 4 is 5.97 Å². The number of carboxylic acid groups (broad SMARTS) is 1. The molecule has 22 heavy (non-hydrogen) atoms. The fourth-order valence-corrected chi connectivity index (χ4v) is 2.48. The zero-order valence-corrected chi connectivity index (χ0v) is 11.8. The number of rotatable bonds is 5. The average molecular weight is 315 g/mol. The van der Waals surface area contributed by atoms with E-state index < -0.39 is 29.0 Å². The third kappa shape index (κ3) is 3.58. The minimum Gasteiger partial charge on any atom is -0.481 e. The molecule has 1 aliphatic rings. The van der Waals surface area contributed by atoms with Crippen LogP contribution in [0.25, 0.3) is 0 Å². The van der Waals surface area contributed by atoms with Crippen molar-refractivity contribution in [2.24, 2.45) is 5.41 Å². The zero-order valence-electron chi connectivity index (χ0n) is 11.8. The SMILES string of the molecule is O=C(O)C1(CCOc2ncccc2C(F)(F)F)CC=CCC1. The van der Waals surface area contributed by atoms with Gasteiger partial charge in [0, 0.05) is 6.20 Å². The van der Waals surface area contributed by atoms with Crippen LogP contribution in [0.2, 0.25) is 0 Å². The molecule has 0 radical (unpaired) electrons. The van der Waals surface area contributed by atoms with Crippen LogP contribution in [-0.4, -0.2) is 22.7 Å². The van der Waals surface area contributed by atoms with Crippen molar-refractivity contribution in [1.82, 2.24) is 4.98 Å². The lowest BCUT2D eigenvalue weighted by molar-refractivity contribution is -0.150. The predicted octanol–water partition coefficient (Wildman–Crippen LogP) is 3.68. The third-order valence-electron chi connectivity index (χ3n) is 3.81. The average Bonchev–Trinajstić information content (AvgIpc) is 2.47. The smallest absolute Gasteiger partial charge is 0.421 e. The van der Waals surface area contributed by atoms with Gasteiger partial charge >= 0.3 is 12.1 Å². The van der Waals surface area contributed by atoms with Crippen molar-refractivity contribution in [2.75, 3.05) is 6.61 Å². The number of carbonyl (C=O) groups is 1. The Labute approximate surface area is 125 Å². The Balaban J connectivity index is 2.05. The highest BCUT2D eigenvalue weighted by molar-refractivity contribution is 5.75. The van der Waals surface area contributed by atoms with Gasteiger partial charge in [-0.25, -0.2) is 4.98 Å². The Morgan fingerprint density at radius 2 is 2.18 bits per heavy atom. The first-order chi connectivity index (χ1) is 10.4. The Morgan fingerprint density at radius 1 is 1.41 bits per heavy atom. The van der Waals surface area contributed by atoms with Crippen LogP contribution in [0, 0.1) is 5.41 Å². The van der Waals surface area contributed by atoms with Crippen molar-refractivity contribution in [3.63, 3.8) is 0 Å². The van der Waals surface area contributed by atoms with Crippen LogP contribution in [0.3, 0.4) is 0 Å². The number of aliphatic carboxylic acids is 1. The molecule has 1 aliphatic carbocycles. The number of carboxylic acids is 1. The molecule has 1 aromatic heterocycles. The van der Waals surface area contributed by atoms with Crippen LogP contribution in [0.5, 0.6) is 5.88 Å². The van der Waals surface area contributed by atoms with E-state index in [0.717, 1.165) is 6.07 Å². The number of ether oxygens (including phenoxy) is 1. The van der Waals surface area contributed by atoms with E-state index in [1.165, 1.54) is 12.3 Å². The van der Waals surface area contributed by atoms with Gasteiger partial charge in [-0.3, -0.25) is 4.79 Å². The maximum atomic E-state index is 12.8. The summed E-state index contributed by atoms with van der Waals surface area (Å²) in [4.78, 5) is 15.1. The van der Waals surface area contributed by atoms with E-state index in [2.05, 4.69) is 4.98 Å². The lowest BCUT2D eigenvalue weighted by atomic mass is 9.75. The van der Waals surface area contributed by atoms with E-state index in [9.17, 15) is 23.1 Å². The number of halogens is 3. The molecule has 4 nitrogen and oxygen atoms in total. The van der Waals surface area contributed by atoms with Crippen LogP contribution >= 0.6 is 0 Å². The highest BCUT2D eigenvalue weighted by Crippen LogP contribution is 2.38. The standard InChI is InChI=1S/C15H16F3NO3/c16-15(17,18)11-5-4-9-19-12(11)22-10-8-14(13(20)21)6-2-1-3-7-14/h1-2,4-5,9H,3,6-8,10H2,(H,20,21). The molecule has 0 aliphatic heterocycles. The first-order valence-electron chi connectivity index (χ1n) is 6.89. The van der Waals surface area contributed by atoms with Gasteiger partial charge in [0.15, 0.2) is 0 Å². The minimum atomic E-state index is -4.55. The normalized spacial score (nSPS) is 21.6. The van der Waals surface area contributed by atoms with Gasteiger partial charge < -0.3 is 9.84 Å². The van der Waals surface area contributed by atoms with Crippen molar-refractivity contribution < 1.29 is 27.8 Å². The molecule has 0 spiro atoms. The van der Waals surface area contributed by atoms with Crippen LogP contribution in [0.15, 0.2) is 30.5 Å². The van der Waals surface area contributed by atoms with Crippen LogP contribution < -0.4 is 4.74 Å². The topological polar surface area (TPSA) is 59.4 Å². The molecule has 0 saturated heterocycles. The second kappa shape index (κ2) is 6.37. The number of nitrogens with zero attached hydrogens (tertiary/aromatic N) is 1. The number of pyridine rings is 1. The molecule has 0 bridgehead atoms. The lowest BCUT2D eigenvalue weighted by Crippen LogP contribution is -2.33. The van der Waals surface area contributed by atoms with Crippen molar-refractivity contribution in [3.8, 4) is 5.88 Å². The number of aromatic nitrogens is 1. The quantitative estimate of drug-likeness (QED) is 0.842. The fourth-order valence-electron chi connectivity index (χ4n) is 2.48. The molecule has 1 N–H and O–H groups in total. The molecule has 7 heteroatoms. The second-order valence-corrected chi connectivity index (χ2v) is 5.25. The lowest BCUT2D eigenvalue weighted by Gasteiger charge is -2.30. The molecule has 0 amide bonds. The summed E-state index contributed by atoms with van der Waals surface area (Å²) < 4.78 is 43.6. The van der Waals surface area contributed by atoms with Gasteiger partial charge in [0.25, 0.3) is 0 Å². The van der Waals surface area contributed by atoms with E-state index in [1.54, 1.807) is 6.08 Å². The number of allylic oxidation sites excluding steroid dienone is 2. The summed E-state index contributed by atoms with van der Waals surface area (Å²) in [7, 11) is 0. The molecule has 1 aromatic rings. The molecular weight excluding hydrogens is 299 g/mol. The van der Waals surface area contributed by atoms with E-state index in [1.807, 2.05) is 6.08 Å². The molecule has 1 unspecified atom stereocenters. The molecule has 1 heterocycles. The second-order valence-electron chi connectivity index (χ2n) is 5.25. The Bertz CT molecular complexity index is 571. The molecule has 0 saturated carbocycles. The molecule has 1 atom stereocenters. The summed E-state index contributed by atoms with van der Waals surface area (Å²) in [6, 6.07) is 2.07. The van der Waals surface area contributed by atoms with E-state index in [-0.39, 0.29) is 13.0 Å². The summed E-state index contributed by atoms with van der Waals surface area (Å²) in [5.41, 5.74) is -1.93. The van der Waals surface area contributed by atoms with Crippen LogP contribution in [-0.2, 0) is 11.0 Å². The first-order valence-corrected chi connectivity index (χ1v) is 6.89. The summed E-state index contributed by atoms with van der Waals surface area (Å²) >= 11 is 0. The highest BCUT2D eigenvalue weighted by Gasteiger charge is 2.39. The zero-order chi connectivity index (χ0) is 16.2. The molecular formula is C15H16F3NO3. The maximum absolute atomic E-state index is 12.8. The number of hydrogen-bond donors (Lipinski definition) is 1. The van der Waals surface area contributed by atoms with Crippen molar-refractivity contribution in [1.29, 1.82) is 0 Å². The van der Waals surface area contributed by atoms with E-state index in [0.29, 0.717) is 19.3 Å². The summed E-state index contributed by atoms with van der Waals surface area (Å²) in [5.74, 6) is -1.46. The largest absolute Gasteiger partial charge is 0.481 e. The molecule has 2 rings (SSSR count). The van der Waals surface area contributed by atoms with Gasteiger partial charge in [0.1, 0.15) is 5.56 Å². The van der Waals surface area contributed by atoms with Gasteiger partial charge in [0.2, 0.25) is 5.88 Å². The Kier molecular flexibility index (Phi) is 4.73. The van der Waals surface area contributed by atoms with E-state index in [4.69, 9.17) is 4.74 Å². The van der Waals surface area contributed by atoms with Crippen LogP contribution in [0.1, 0.15) is 31.2 Å². The minimum absolute atomic E-state index is 0.125. The number of alkyl halides is 3. The van der Waals surface area contributed by atoms with Gasteiger partial charge in [-0.2, -0.15) is 13.2 Å². The Morgan fingerprint density at radius 3 is 2.77 bits per heavy atom. The van der Waals surface area contributed by atoms with Crippen LogP contribution in [0.4, 0.5) is 13.2 Å². The van der Waals surface area contributed by atoms with Crippen molar-refractivity contribution in [2.45, 2.75) is 31.9 Å². The summed E-state index contributed by atoms with van der Waals surface area (Å²) in [6.07, 6.45) is 1.95. The van der Waals surface area contributed by atoms with E-state index >= 15 is 0 Å². The molecule has 120 valence electrons. The summed E-state index contributed by atoms with van der Waals surface area (Å²) in [5, 5.41) is 9.38.